The van der Waals surface area contributed by atoms with E-state index < -0.39 is 21.8 Å². The Bertz CT molecular complexity index is 1170. The van der Waals surface area contributed by atoms with Gasteiger partial charge >= 0.3 is 0 Å². The highest BCUT2D eigenvalue weighted by Gasteiger charge is 2.18. The molecule has 166 valence electrons. The second-order valence-corrected chi connectivity index (χ2v) is 10.0. The number of halogens is 2. The van der Waals surface area contributed by atoms with E-state index >= 15 is 0 Å². The molecule has 2 aromatic carbocycles. The number of hydrogen-bond acceptors (Lipinski definition) is 4. The van der Waals surface area contributed by atoms with E-state index in [9.17, 15) is 17.9 Å². The molecule has 8 heteroatoms. The molecule has 0 aliphatic carbocycles. The Morgan fingerprint density at radius 2 is 1.84 bits per heavy atom. The van der Waals surface area contributed by atoms with E-state index in [1.54, 1.807) is 37.3 Å². The Morgan fingerprint density at radius 1 is 1.16 bits per heavy atom. The van der Waals surface area contributed by atoms with Crippen molar-refractivity contribution in [3.05, 3.63) is 76.3 Å². The van der Waals surface area contributed by atoms with E-state index in [-0.39, 0.29) is 4.90 Å². The molecule has 0 fully saturated rings. The summed E-state index contributed by atoms with van der Waals surface area (Å²) < 4.78 is 38.9. The molecule has 0 bridgehead atoms. The maximum atomic E-state index is 13.6. The van der Waals surface area contributed by atoms with E-state index in [0.29, 0.717) is 30.1 Å². The second kappa shape index (κ2) is 9.42. The molecule has 0 aliphatic rings. The average Bonchev–Trinajstić information content (AvgIpc) is 3.02. The average molecular weight is 465 g/mol. The molecule has 0 amide bonds. The third kappa shape index (κ3) is 5.47. The molecule has 1 aromatic heterocycles. The Hall–Kier alpha value is -2.35. The fourth-order valence-electron chi connectivity index (χ4n) is 3.64. The number of hydrogen-bond donors (Lipinski definition) is 2. The molecule has 0 radical (unpaired) electrons. The Balaban J connectivity index is 1.96. The molecule has 0 aliphatic heterocycles. The van der Waals surface area contributed by atoms with Gasteiger partial charge in [0.2, 0.25) is 0 Å². The van der Waals surface area contributed by atoms with Crippen LogP contribution < -0.4 is 5.32 Å². The first kappa shape index (κ1) is 23.3. The summed E-state index contributed by atoms with van der Waals surface area (Å²) in [5.74, 6) is -0.407. The van der Waals surface area contributed by atoms with Crippen molar-refractivity contribution < 1.29 is 17.9 Å². The zero-order valence-corrected chi connectivity index (χ0v) is 19.3. The molecule has 3 rings (SSSR count). The van der Waals surface area contributed by atoms with Crippen LogP contribution in [0.25, 0.3) is 5.69 Å². The lowest BCUT2D eigenvalue weighted by molar-refractivity contribution is 0.193. The van der Waals surface area contributed by atoms with Gasteiger partial charge in [-0.3, -0.25) is 0 Å². The van der Waals surface area contributed by atoms with Gasteiger partial charge in [-0.05, 0) is 67.4 Å². The summed E-state index contributed by atoms with van der Waals surface area (Å²) in [7, 11) is -3.24. The second-order valence-electron chi connectivity index (χ2n) is 7.60. The van der Waals surface area contributed by atoms with Gasteiger partial charge in [0.15, 0.2) is 9.84 Å². The van der Waals surface area contributed by atoms with Crippen LogP contribution in [0.2, 0.25) is 5.02 Å². The summed E-state index contributed by atoms with van der Waals surface area (Å²) in [6, 6.07) is 12.9. The van der Waals surface area contributed by atoms with Crippen molar-refractivity contribution in [2.24, 2.45) is 0 Å². The molecule has 0 saturated carbocycles. The number of rotatable bonds is 8. The van der Waals surface area contributed by atoms with Crippen molar-refractivity contribution in [3.63, 3.8) is 0 Å². The maximum Gasteiger partial charge on any atom is 0.175 e. The number of nitrogens with one attached hydrogen (secondary N) is 1. The Morgan fingerprint density at radius 3 is 2.39 bits per heavy atom. The summed E-state index contributed by atoms with van der Waals surface area (Å²) in [6.07, 6.45) is 1.75. The summed E-state index contributed by atoms with van der Waals surface area (Å²) in [6.45, 7) is 4.25. The summed E-state index contributed by atoms with van der Waals surface area (Å²) in [4.78, 5) is 0.267. The number of benzene rings is 2. The van der Waals surface area contributed by atoms with Crippen LogP contribution in [0, 0.1) is 5.82 Å². The summed E-state index contributed by atoms with van der Waals surface area (Å²) in [5.41, 5.74) is 4.36. The van der Waals surface area contributed by atoms with Gasteiger partial charge < -0.3 is 15.0 Å². The summed E-state index contributed by atoms with van der Waals surface area (Å²) in [5, 5.41) is 13.6. The molecule has 2 N–H and O–H groups in total. The van der Waals surface area contributed by atoms with Crippen LogP contribution >= 0.6 is 11.6 Å². The van der Waals surface area contributed by atoms with Crippen molar-refractivity contribution in [2.45, 2.75) is 44.2 Å². The fourth-order valence-corrected chi connectivity index (χ4v) is 4.52. The van der Waals surface area contributed by atoms with Crippen molar-refractivity contribution in [3.8, 4) is 5.69 Å². The SMILES string of the molecule is CCc1c(CNc2ccc(S(C)(=O)=O)cc2)cc(CC(C)O)n1-c1ccc(F)cc1Cl. The highest BCUT2D eigenvalue weighted by Crippen LogP contribution is 2.29. The molecule has 1 atom stereocenters. The molecule has 1 unspecified atom stereocenters. The lowest BCUT2D eigenvalue weighted by Gasteiger charge is -2.16. The van der Waals surface area contributed by atoms with Gasteiger partial charge in [0.1, 0.15) is 5.82 Å². The molecular weight excluding hydrogens is 439 g/mol. The van der Waals surface area contributed by atoms with E-state index in [1.165, 1.54) is 18.4 Å². The van der Waals surface area contributed by atoms with E-state index in [0.717, 1.165) is 22.6 Å². The number of nitrogens with zero attached hydrogens (tertiary/aromatic N) is 1. The molecule has 0 saturated heterocycles. The van der Waals surface area contributed by atoms with Crippen LogP contribution in [-0.2, 0) is 29.2 Å². The smallest absolute Gasteiger partial charge is 0.175 e. The lowest BCUT2D eigenvalue weighted by atomic mass is 10.1. The van der Waals surface area contributed by atoms with Gasteiger partial charge in [-0.25, -0.2) is 12.8 Å². The molecule has 1 heterocycles. The predicted octanol–water partition coefficient (Wildman–Crippen LogP) is 4.77. The lowest BCUT2D eigenvalue weighted by Crippen LogP contribution is -2.11. The number of aliphatic hydroxyl groups excluding tert-OH is 1. The molecule has 3 aromatic rings. The Kier molecular flexibility index (Phi) is 7.09. The van der Waals surface area contributed by atoms with E-state index in [4.69, 9.17) is 11.6 Å². The topological polar surface area (TPSA) is 71.3 Å². The van der Waals surface area contributed by atoms with Crippen LogP contribution in [0.4, 0.5) is 10.1 Å². The van der Waals surface area contributed by atoms with Crippen LogP contribution in [0.1, 0.15) is 30.8 Å². The van der Waals surface area contributed by atoms with Gasteiger partial charge in [-0.1, -0.05) is 18.5 Å². The number of aromatic nitrogens is 1. The van der Waals surface area contributed by atoms with Crippen LogP contribution in [-0.4, -0.2) is 30.5 Å². The highest BCUT2D eigenvalue weighted by atomic mass is 35.5. The van der Waals surface area contributed by atoms with Gasteiger partial charge in [0, 0.05) is 36.3 Å². The standard InChI is InChI=1S/C23H26ClFN2O3S/c1-4-22-16(14-26-18-6-8-20(9-7-18)31(3,29)30)12-19(11-15(2)28)27(22)23-10-5-17(25)13-21(23)24/h5-10,12-13,15,26,28H,4,11,14H2,1-3H3. The quantitative estimate of drug-likeness (QED) is 0.503. The van der Waals surface area contributed by atoms with Gasteiger partial charge in [-0.2, -0.15) is 0 Å². The summed E-state index contributed by atoms with van der Waals surface area (Å²) >= 11 is 6.35. The van der Waals surface area contributed by atoms with Crippen molar-refractivity contribution in [2.75, 3.05) is 11.6 Å². The van der Waals surface area contributed by atoms with Crippen LogP contribution in [0.15, 0.2) is 53.4 Å². The van der Waals surface area contributed by atoms with Crippen LogP contribution in [0.3, 0.4) is 0 Å². The minimum Gasteiger partial charge on any atom is -0.393 e. The normalized spacial score (nSPS) is 12.7. The maximum absolute atomic E-state index is 13.6. The largest absolute Gasteiger partial charge is 0.393 e. The number of sulfone groups is 1. The third-order valence-electron chi connectivity index (χ3n) is 5.02. The first-order valence-corrected chi connectivity index (χ1v) is 12.3. The number of anilines is 1. The zero-order valence-electron chi connectivity index (χ0n) is 17.7. The molecule has 0 spiro atoms. The van der Waals surface area contributed by atoms with Gasteiger partial charge in [0.05, 0.1) is 21.7 Å². The minimum atomic E-state index is -3.24. The van der Waals surface area contributed by atoms with E-state index in [1.807, 2.05) is 17.6 Å². The molecule has 5 nitrogen and oxygen atoms in total. The predicted molar refractivity (Wildman–Crippen MR) is 122 cm³/mol. The van der Waals surface area contributed by atoms with Crippen molar-refractivity contribution in [1.82, 2.24) is 4.57 Å². The highest BCUT2D eigenvalue weighted by molar-refractivity contribution is 7.90. The first-order chi connectivity index (χ1) is 14.6. The van der Waals surface area contributed by atoms with Crippen molar-refractivity contribution >= 4 is 27.1 Å². The Labute approximate surface area is 187 Å². The molecular formula is C23H26ClFN2O3S. The monoisotopic (exact) mass is 464 g/mol. The van der Waals surface area contributed by atoms with Crippen molar-refractivity contribution in [1.29, 1.82) is 0 Å². The van der Waals surface area contributed by atoms with E-state index in [2.05, 4.69) is 5.32 Å². The first-order valence-electron chi connectivity index (χ1n) is 10.00. The minimum absolute atomic E-state index is 0.267. The number of aliphatic hydroxyl groups is 1. The van der Waals surface area contributed by atoms with Crippen LogP contribution in [0.5, 0.6) is 0 Å². The molecule has 31 heavy (non-hydrogen) atoms. The fraction of sp³-hybridized carbons (Fsp3) is 0.304. The van der Waals surface area contributed by atoms with Gasteiger partial charge in [-0.15, -0.1) is 0 Å². The third-order valence-corrected chi connectivity index (χ3v) is 6.46. The zero-order chi connectivity index (χ0) is 22.8. The van der Waals surface area contributed by atoms with Gasteiger partial charge in [0.25, 0.3) is 0 Å².